The maximum atomic E-state index is 11.5. The first-order valence-electron chi connectivity index (χ1n) is 5.21. The van der Waals surface area contributed by atoms with Gasteiger partial charge < -0.3 is 4.74 Å². The van der Waals surface area contributed by atoms with E-state index in [0.29, 0.717) is 23.6 Å². The molecule has 0 atom stereocenters. The summed E-state index contributed by atoms with van der Waals surface area (Å²) < 4.78 is 4.94. The van der Waals surface area contributed by atoms with Crippen molar-refractivity contribution >= 4 is 17.6 Å². The second-order valence-corrected chi connectivity index (χ2v) is 3.56. The van der Waals surface area contributed by atoms with Gasteiger partial charge in [-0.3, -0.25) is 0 Å². The molecule has 0 unspecified atom stereocenters. The van der Waals surface area contributed by atoms with Gasteiger partial charge in [-0.1, -0.05) is 38.3 Å². The highest BCUT2D eigenvalue weighted by Crippen LogP contribution is 2.20. The highest BCUT2D eigenvalue weighted by Gasteiger charge is 2.13. The summed E-state index contributed by atoms with van der Waals surface area (Å²) in [6.07, 6.45) is 3.33. The van der Waals surface area contributed by atoms with Crippen LogP contribution in [0, 0.1) is 0 Å². The van der Waals surface area contributed by atoms with Crippen molar-refractivity contribution in [1.29, 1.82) is 0 Å². The minimum Gasteiger partial charge on any atom is -0.463 e. The van der Waals surface area contributed by atoms with Gasteiger partial charge in [-0.2, -0.15) is 0 Å². The predicted octanol–water partition coefficient (Wildman–Crippen LogP) is 3.64. The van der Waals surface area contributed by atoms with E-state index in [9.17, 15) is 4.79 Å². The number of hydrogen-bond acceptors (Lipinski definition) is 2. The second-order valence-electron chi connectivity index (χ2n) is 3.10. The van der Waals surface area contributed by atoms with Crippen LogP contribution < -0.4 is 0 Å². The number of esters is 1. The first kappa shape index (κ1) is 13.5. The summed E-state index contributed by atoms with van der Waals surface area (Å²) in [7, 11) is 0. The predicted molar refractivity (Wildman–Crippen MR) is 59.3 cm³/mol. The van der Waals surface area contributed by atoms with Crippen molar-refractivity contribution in [3.05, 3.63) is 10.6 Å². The largest absolute Gasteiger partial charge is 0.463 e. The minimum absolute atomic E-state index is 0.257. The van der Waals surface area contributed by atoms with Crippen LogP contribution in [0.5, 0.6) is 0 Å². The lowest BCUT2D eigenvalue weighted by molar-refractivity contribution is -0.138. The topological polar surface area (TPSA) is 26.3 Å². The van der Waals surface area contributed by atoms with Crippen LogP contribution in [-0.4, -0.2) is 12.6 Å². The molecule has 0 amide bonds. The van der Waals surface area contributed by atoms with Crippen molar-refractivity contribution < 1.29 is 9.53 Å². The third-order valence-corrected chi connectivity index (χ3v) is 2.24. The van der Waals surface area contributed by atoms with Gasteiger partial charge in [0.05, 0.1) is 12.2 Å². The van der Waals surface area contributed by atoms with Crippen molar-refractivity contribution in [3.8, 4) is 0 Å². The highest BCUT2D eigenvalue weighted by molar-refractivity contribution is 6.31. The van der Waals surface area contributed by atoms with Crippen LogP contribution in [0.2, 0.25) is 0 Å². The van der Waals surface area contributed by atoms with E-state index in [1.165, 1.54) is 0 Å². The number of halogens is 1. The third kappa shape index (κ3) is 4.66. The van der Waals surface area contributed by atoms with Gasteiger partial charge >= 0.3 is 5.97 Å². The molecule has 0 aliphatic carbocycles. The molecule has 0 radical (unpaired) electrons. The van der Waals surface area contributed by atoms with Crippen molar-refractivity contribution in [1.82, 2.24) is 0 Å². The molecule has 0 aromatic heterocycles. The van der Waals surface area contributed by atoms with Gasteiger partial charge in [-0.05, 0) is 19.8 Å². The Morgan fingerprint density at radius 2 is 1.71 bits per heavy atom. The molecule has 0 aliphatic heterocycles. The molecule has 0 saturated heterocycles. The summed E-state index contributed by atoms with van der Waals surface area (Å²) >= 11 is 6.04. The summed E-state index contributed by atoms with van der Waals surface area (Å²) in [4.78, 5) is 11.5. The maximum Gasteiger partial charge on any atom is 0.335 e. The number of carbonyl (C=O) groups excluding carboxylic acids is 1. The molecular formula is C11H19ClO2. The quantitative estimate of drug-likeness (QED) is 0.503. The summed E-state index contributed by atoms with van der Waals surface area (Å²) in [5.41, 5.74) is 0.651. The van der Waals surface area contributed by atoms with Crippen LogP contribution in [0.15, 0.2) is 10.6 Å². The Hall–Kier alpha value is -0.500. The summed E-state index contributed by atoms with van der Waals surface area (Å²) in [6.45, 7) is 6.27. The molecule has 0 rings (SSSR count). The molecule has 2 nitrogen and oxygen atoms in total. The number of allylic oxidation sites excluding steroid dienone is 1. The maximum absolute atomic E-state index is 11.5. The number of carbonyl (C=O) groups is 1. The van der Waals surface area contributed by atoms with E-state index in [-0.39, 0.29) is 5.97 Å². The molecule has 0 fully saturated rings. The monoisotopic (exact) mass is 218 g/mol. The zero-order valence-electron chi connectivity index (χ0n) is 9.23. The SMILES string of the molecule is CCC/C(Cl)=C(\CCC)C(=O)OCC. The molecule has 0 aliphatic rings. The standard InChI is InChI=1S/C11H19ClO2/c1-4-7-9(10(12)8-5-2)11(13)14-6-3/h4-8H2,1-3H3/b10-9-. The first-order valence-corrected chi connectivity index (χ1v) is 5.59. The van der Waals surface area contributed by atoms with Gasteiger partial charge in [-0.15, -0.1) is 0 Å². The molecule has 0 aromatic rings. The van der Waals surface area contributed by atoms with Gasteiger partial charge in [0.25, 0.3) is 0 Å². The van der Waals surface area contributed by atoms with Crippen molar-refractivity contribution in [2.45, 2.75) is 46.5 Å². The van der Waals surface area contributed by atoms with E-state index in [2.05, 4.69) is 0 Å². The lowest BCUT2D eigenvalue weighted by atomic mass is 10.1. The minimum atomic E-state index is -0.257. The average Bonchev–Trinajstić information content (AvgIpc) is 2.14. The molecule has 82 valence electrons. The van der Waals surface area contributed by atoms with E-state index < -0.39 is 0 Å². The molecule has 3 heteroatoms. The zero-order valence-corrected chi connectivity index (χ0v) is 9.99. The third-order valence-electron chi connectivity index (χ3n) is 1.82. The van der Waals surface area contributed by atoms with E-state index in [4.69, 9.17) is 16.3 Å². The van der Waals surface area contributed by atoms with Crippen molar-refractivity contribution in [2.24, 2.45) is 0 Å². The van der Waals surface area contributed by atoms with Gasteiger partial charge in [-0.25, -0.2) is 4.79 Å². The van der Waals surface area contributed by atoms with Crippen LogP contribution in [0.4, 0.5) is 0 Å². The van der Waals surface area contributed by atoms with Gasteiger partial charge in [0.15, 0.2) is 0 Å². The van der Waals surface area contributed by atoms with E-state index in [0.717, 1.165) is 19.3 Å². The molecule has 0 N–H and O–H groups in total. The van der Waals surface area contributed by atoms with Crippen LogP contribution in [0.3, 0.4) is 0 Å². The second kappa shape index (κ2) is 7.86. The fourth-order valence-electron chi connectivity index (χ4n) is 1.19. The Morgan fingerprint density at radius 1 is 1.14 bits per heavy atom. The van der Waals surface area contributed by atoms with Gasteiger partial charge in [0.2, 0.25) is 0 Å². The molecule has 14 heavy (non-hydrogen) atoms. The van der Waals surface area contributed by atoms with Crippen molar-refractivity contribution in [2.75, 3.05) is 6.61 Å². The lowest BCUT2D eigenvalue weighted by Gasteiger charge is -2.08. The number of ether oxygens (including phenoxy) is 1. The number of rotatable bonds is 6. The van der Waals surface area contributed by atoms with Crippen molar-refractivity contribution in [3.63, 3.8) is 0 Å². The van der Waals surface area contributed by atoms with Crippen LogP contribution in [-0.2, 0) is 9.53 Å². The molecule has 0 heterocycles. The van der Waals surface area contributed by atoms with E-state index in [1.807, 2.05) is 13.8 Å². The fourth-order valence-corrected chi connectivity index (χ4v) is 1.55. The average molecular weight is 219 g/mol. The van der Waals surface area contributed by atoms with Crippen LogP contribution >= 0.6 is 11.6 Å². The molecule has 0 bridgehead atoms. The summed E-state index contributed by atoms with van der Waals surface area (Å²) in [6, 6.07) is 0. The van der Waals surface area contributed by atoms with Crippen LogP contribution in [0.1, 0.15) is 46.5 Å². The molecule has 0 saturated carbocycles. The fraction of sp³-hybridized carbons (Fsp3) is 0.727. The smallest absolute Gasteiger partial charge is 0.335 e. The Morgan fingerprint density at radius 3 is 2.14 bits per heavy atom. The normalized spacial score (nSPS) is 12.3. The Balaban J connectivity index is 4.55. The molecular weight excluding hydrogens is 200 g/mol. The summed E-state index contributed by atoms with van der Waals surface area (Å²) in [5, 5.41) is 0.660. The Bertz CT molecular complexity index is 209. The number of hydrogen-bond donors (Lipinski definition) is 0. The van der Waals surface area contributed by atoms with Crippen LogP contribution in [0.25, 0.3) is 0 Å². The van der Waals surface area contributed by atoms with Gasteiger partial charge in [0, 0.05) is 5.03 Å². The molecule has 0 aromatic carbocycles. The zero-order chi connectivity index (χ0) is 11.0. The molecule has 0 spiro atoms. The Labute approximate surface area is 91.3 Å². The van der Waals surface area contributed by atoms with E-state index in [1.54, 1.807) is 6.92 Å². The van der Waals surface area contributed by atoms with Gasteiger partial charge in [0.1, 0.15) is 0 Å². The Kier molecular flexibility index (Phi) is 7.58. The highest BCUT2D eigenvalue weighted by atomic mass is 35.5. The summed E-state index contributed by atoms with van der Waals surface area (Å²) in [5.74, 6) is -0.257. The first-order chi connectivity index (χ1) is 6.67. The lowest BCUT2D eigenvalue weighted by Crippen LogP contribution is -2.09. The van der Waals surface area contributed by atoms with E-state index >= 15 is 0 Å².